The van der Waals surface area contributed by atoms with E-state index in [-0.39, 0.29) is 23.2 Å². The second kappa shape index (κ2) is 8.14. The fourth-order valence-electron chi connectivity index (χ4n) is 3.94. The maximum Gasteiger partial charge on any atom is 0.416 e. The minimum atomic E-state index is -4.46. The smallest absolute Gasteiger partial charge is 0.416 e. The minimum Gasteiger partial charge on any atom is -0.487 e. The van der Waals surface area contributed by atoms with Crippen molar-refractivity contribution in [3.8, 4) is 0 Å². The van der Waals surface area contributed by atoms with Gasteiger partial charge in [-0.25, -0.2) is 18.4 Å². The van der Waals surface area contributed by atoms with Crippen molar-refractivity contribution in [3.63, 3.8) is 0 Å². The summed E-state index contributed by atoms with van der Waals surface area (Å²) < 4.78 is 68.0. The van der Waals surface area contributed by atoms with E-state index in [4.69, 9.17) is 0 Å². The fourth-order valence-corrected chi connectivity index (χ4v) is 3.94. The van der Waals surface area contributed by atoms with Crippen molar-refractivity contribution in [2.75, 3.05) is 19.6 Å². The monoisotopic (exact) mass is 453 g/mol. The van der Waals surface area contributed by atoms with Gasteiger partial charge < -0.3 is 15.1 Å². The van der Waals surface area contributed by atoms with E-state index < -0.39 is 29.0 Å². The van der Waals surface area contributed by atoms with E-state index in [9.17, 15) is 27.1 Å². The molecule has 4 rings (SSSR count). The third-order valence-corrected chi connectivity index (χ3v) is 5.55. The Morgan fingerprint density at radius 2 is 1.78 bits per heavy atom. The molecule has 170 valence electrons. The summed E-state index contributed by atoms with van der Waals surface area (Å²) in [5, 5.41) is 15.5. The van der Waals surface area contributed by atoms with Crippen molar-refractivity contribution in [2.45, 2.75) is 24.7 Å². The van der Waals surface area contributed by atoms with Gasteiger partial charge in [-0.15, -0.1) is 0 Å². The van der Waals surface area contributed by atoms with E-state index in [0.717, 1.165) is 24.6 Å². The first kappa shape index (κ1) is 22.2. The molecule has 6 nitrogen and oxygen atoms in total. The van der Waals surface area contributed by atoms with Crippen LogP contribution in [-0.4, -0.2) is 44.1 Å². The number of hydrogen-bond donors (Lipinski definition) is 1. The summed E-state index contributed by atoms with van der Waals surface area (Å²) in [5.74, 6) is -1.70. The normalized spacial score (nSPS) is 17.4. The van der Waals surface area contributed by atoms with E-state index >= 15 is 0 Å². The summed E-state index contributed by atoms with van der Waals surface area (Å²) in [6.45, 7) is 0.752. The molecule has 11 heteroatoms. The molecule has 2 aromatic carbocycles. The van der Waals surface area contributed by atoms with Gasteiger partial charge >= 0.3 is 6.18 Å². The van der Waals surface area contributed by atoms with E-state index in [1.165, 1.54) is 35.5 Å². The van der Waals surface area contributed by atoms with Crippen LogP contribution >= 0.6 is 0 Å². The Bertz CT molecular complexity index is 1070. The first-order chi connectivity index (χ1) is 15.1. The number of aromatic nitrogens is 3. The highest BCUT2D eigenvalue weighted by Gasteiger charge is 2.43. The Hall–Kier alpha value is -3.05. The topological polar surface area (TPSA) is 65.0 Å². The van der Waals surface area contributed by atoms with Crippen LogP contribution in [0.15, 0.2) is 55.1 Å². The second-order valence-corrected chi connectivity index (χ2v) is 7.95. The molecule has 1 atom stereocenters. The van der Waals surface area contributed by atoms with Crippen molar-refractivity contribution in [3.05, 3.63) is 83.3 Å². The summed E-state index contributed by atoms with van der Waals surface area (Å²) >= 11 is 0. The molecule has 3 aromatic rings. The number of nitrogens with zero attached hydrogens (tertiary/aromatic N) is 5. The van der Waals surface area contributed by atoms with Gasteiger partial charge in [0.05, 0.1) is 25.2 Å². The molecule has 1 fully saturated rings. The van der Waals surface area contributed by atoms with Crippen molar-refractivity contribution in [2.24, 2.45) is 0 Å². The van der Waals surface area contributed by atoms with Crippen molar-refractivity contribution in [1.29, 1.82) is 0 Å². The van der Waals surface area contributed by atoms with Crippen molar-refractivity contribution < 1.29 is 31.7 Å². The van der Waals surface area contributed by atoms with Crippen LogP contribution in [0.2, 0.25) is 0 Å². The van der Waals surface area contributed by atoms with Crippen LogP contribution in [0.25, 0.3) is 5.43 Å². The van der Waals surface area contributed by atoms with E-state index in [1.807, 2.05) is 0 Å². The predicted molar refractivity (Wildman–Crippen MR) is 104 cm³/mol. The standard InChI is InChI=1S/C21H20F5N5O/c22-16-4-7-18(19(23)10-16)20(32,11-30-14-27-13-28-30)12-31(8-1-9-31)29-17-5-2-15(3-6-17)21(24,25)26/h2-7,10,13-14,32H,1,8-9,11-12H2. The van der Waals surface area contributed by atoms with Crippen LogP contribution < -0.4 is 0 Å². The molecule has 0 saturated carbocycles. The molecule has 0 amide bonds. The van der Waals surface area contributed by atoms with E-state index in [0.29, 0.717) is 24.8 Å². The van der Waals surface area contributed by atoms with E-state index in [2.05, 4.69) is 15.5 Å². The lowest BCUT2D eigenvalue weighted by molar-refractivity contribution is -0.934. The summed E-state index contributed by atoms with van der Waals surface area (Å²) in [6.07, 6.45) is -1.06. The molecule has 1 saturated heterocycles. The van der Waals surface area contributed by atoms with Crippen LogP contribution in [-0.2, 0) is 18.3 Å². The highest BCUT2D eigenvalue weighted by atomic mass is 19.4. The fraction of sp³-hybridized carbons (Fsp3) is 0.333. The number of benzene rings is 2. The third kappa shape index (κ3) is 4.58. The lowest BCUT2D eigenvalue weighted by Crippen LogP contribution is -2.60. The van der Waals surface area contributed by atoms with Crippen molar-refractivity contribution >= 4 is 5.69 Å². The van der Waals surface area contributed by atoms with Crippen LogP contribution in [0.1, 0.15) is 17.5 Å². The molecule has 0 spiro atoms. The summed E-state index contributed by atoms with van der Waals surface area (Å²) in [4.78, 5) is 3.83. The maximum atomic E-state index is 14.7. The molecule has 2 heterocycles. The molecule has 32 heavy (non-hydrogen) atoms. The van der Waals surface area contributed by atoms with Crippen LogP contribution in [0.4, 0.5) is 27.6 Å². The van der Waals surface area contributed by atoms with Crippen molar-refractivity contribution in [1.82, 2.24) is 14.8 Å². The van der Waals surface area contributed by atoms with Gasteiger partial charge in [-0.3, -0.25) is 0 Å². The quantitative estimate of drug-likeness (QED) is 0.429. The molecule has 0 bridgehead atoms. The molecular formula is C21H20F5N5O. The van der Waals surface area contributed by atoms with Crippen LogP contribution in [0.3, 0.4) is 0 Å². The second-order valence-electron chi connectivity index (χ2n) is 7.95. The highest BCUT2D eigenvalue weighted by Crippen LogP contribution is 2.40. The molecule has 1 aliphatic rings. The Balaban J connectivity index is 1.64. The average molecular weight is 453 g/mol. The summed E-state index contributed by atoms with van der Waals surface area (Å²) in [6, 6.07) is 7.32. The molecule has 0 radical (unpaired) electrons. The lowest BCUT2D eigenvalue weighted by Gasteiger charge is -2.58. The number of quaternary nitrogens is 1. The van der Waals surface area contributed by atoms with Gasteiger partial charge in [-0.1, -0.05) is 30.0 Å². The zero-order valence-corrected chi connectivity index (χ0v) is 16.8. The molecule has 1 aromatic heterocycles. The largest absolute Gasteiger partial charge is 0.487 e. The minimum absolute atomic E-state index is 0.0205. The first-order valence-corrected chi connectivity index (χ1v) is 9.86. The average Bonchev–Trinajstić information content (AvgIpc) is 3.18. The predicted octanol–water partition coefficient (Wildman–Crippen LogP) is 4.30. The first-order valence-electron chi connectivity index (χ1n) is 9.86. The number of aliphatic hydroxyl groups is 1. The zero-order valence-electron chi connectivity index (χ0n) is 16.8. The number of rotatable bonds is 7. The summed E-state index contributed by atoms with van der Waals surface area (Å²) in [7, 11) is 0. The number of hydrogen-bond acceptors (Lipinski definition) is 3. The van der Waals surface area contributed by atoms with Gasteiger partial charge in [0.15, 0.2) is 5.60 Å². The van der Waals surface area contributed by atoms with Gasteiger partial charge in [0, 0.05) is 18.1 Å². The third-order valence-electron chi connectivity index (χ3n) is 5.55. The highest BCUT2D eigenvalue weighted by molar-refractivity contribution is 5.47. The maximum absolute atomic E-state index is 14.7. The van der Waals surface area contributed by atoms with E-state index in [1.54, 1.807) is 0 Å². The van der Waals surface area contributed by atoms with Gasteiger partial charge in [-0.2, -0.15) is 18.3 Å². The SMILES string of the molecule is OC(Cn1cncn1)(C[N+]1([N-]c2ccc(C(F)(F)F)cc2)CCC1)c1ccc(F)cc1F. The Kier molecular flexibility index (Phi) is 5.63. The molecule has 1 unspecified atom stereocenters. The summed E-state index contributed by atoms with van der Waals surface area (Å²) in [5.41, 5.74) is 2.14. The number of likely N-dealkylation sites (tertiary alicyclic amines) is 1. The Morgan fingerprint density at radius 1 is 1.06 bits per heavy atom. The molecule has 1 N–H and O–H groups in total. The van der Waals surface area contributed by atoms with Gasteiger partial charge in [-0.05, 0) is 12.1 Å². The number of alkyl halides is 3. The Morgan fingerprint density at radius 3 is 2.31 bits per heavy atom. The zero-order chi connectivity index (χ0) is 23.0. The van der Waals surface area contributed by atoms with Gasteiger partial charge in [0.2, 0.25) is 0 Å². The Labute approximate surface area is 180 Å². The van der Waals surface area contributed by atoms with Gasteiger partial charge in [0.1, 0.15) is 30.8 Å². The number of halogens is 5. The van der Waals surface area contributed by atoms with Gasteiger partial charge in [0.25, 0.3) is 0 Å². The molecule has 1 aliphatic heterocycles. The lowest BCUT2D eigenvalue weighted by atomic mass is 9.90. The molecule has 0 aliphatic carbocycles. The van der Waals surface area contributed by atoms with Crippen LogP contribution in [0, 0.1) is 11.6 Å². The van der Waals surface area contributed by atoms with Crippen LogP contribution in [0.5, 0.6) is 0 Å². The molecular weight excluding hydrogens is 433 g/mol.